The normalized spacial score (nSPS) is 15.5. The summed E-state index contributed by atoms with van der Waals surface area (Å²) < 4.78 is 11.0. The van der Waals surface area contributed by atoms with E-state index in [1.807, 2.05) is 25.2 Å². The Balaban J connectivity index is 2.10. The Labute approximate surface area is 101 Å². The average Bonchev–Trinajstić information content (AvgIpc) is 2.38. The highest BCUT2D eigenvalue weighted by Crippen LogP contribution is 2.33. The first-order chi connectivity index (χ1) is 8.20. The minimum Gasteiger partial charge on any atom is -0.486 e. The van der Waals surface area contributed by atoms with E-state index >= 15 is 0 Å². The summed E-state index contributed by atoms with van der Waals surface area (Å²) in [5, 5.41) is 0. The van der Waals surface area contributed by atoms with Gasteiger partial charge in [0.15, 0.2) is 11.5 Å². The van der Waals surface area contributed by atoms with Crippen molar-refractivity contribution < 1.29 is 9.47 Å². The van der Waals surface area contributed by atoms with Crippen LogP contribution < -0.4 is 25.8 Å². The third-order valence-electron chi connectivity index (χ3n) is 2.78. The minimum absolute atomic E-state index is 0.0202. The number of fused-ring (bicyclic) bond motifs is 1. The molecule has 0 fully saturated rings. The molecule has 0 aromatic heterocycles. The second-order valence-electron chi connectivity index (χ2n) is 4.20. The summed E-state index contributed by atoms with van der Waals surface area (Å²) in [5.41, 5.74) is 12.4. The van der Waals surface area contributed by atoms with E-state index in [1.54, 1.807) is 0 Å². The number of benzene rings is 1. The molecule has 0 spiro atoms. The molecule has 1 aliphatic rings. The van der Waals surface area contributed by atoms with Gasteiger partial charge in [-0.15, -0.1) is 0 Å². The molecule has 0 saturated heterocycles. The topological polar surface area (TPSA) is 73.7 Å². The number of likely N-dealkylation sites (N-methyl/N-ethyl adjacent to an activating group) is 1. The second kappa shape index (κ2) is 5.25. The smallest absolute Gasteiger partial charge is 0.163 e. The van der Waals surface area contributed by atoms with Crippen LogP contribution in [-0.2, 0) is 0 Å². The second-order valence-corrected chi connectivity index (χ2v) is 4.20. The van der Waals surface area contributed by atoms with Crippen molar-refractivity contribution in [2.45, 2.75) is 6.04 Å². The number of hydrogen-bond donors (Lipinski definition) is 2. The number of nitrogens with two attached hydrogens (primary N) is 2. The number of nitrogens with zero attached hydrogens (tertiary/aromatic N) is 1. The van der Waals surface area contributed by atoms with E-state index in [2.05, 4.69) is 4.90 Å². The van der Waals surface area contributed by atoms with Gasteiger partial charge < -0.3 is 25.8 Å². The van der Waals surface area contributed by atoms with Crippen molar-refractivity contribution in [3.05, 3.63) is 18.2 Å². The van der Waals surface area contributed by atoms with Gasteiger partial charge in [-0.1, -0.05) is 0 Å². The molecule has 1 unspecified atom stereocenters. The summed E-state index contributed by atoms with van der Waals surface area (Å²) in [5.74, 6) is 1.60. The van der Waals surface area contributed by atoms with E-state index in [-0.39, 0.29) is 6.04 Å². The molecule has 4 N–H and O–H groups in total. The zero-order valence-corrected chi connectivity index (χ0v) is 10.1. The Bertz CT molecular complexity index is 384. The first-order valence-electron chi connectivity index (χ1n) is 5.77. The van der Waals surface area contributed by atoms with Gasteiger partial charge in [-0.3, -0.25) is 0 Å². The molecule has 5 nitrogen and oxygen atoms in total. The first kappa shape index (κ1) is 12.0. The van der Waals surface area contributed by atoms with Crippen LogP contribution >= 0.6 is 0 Å². The van der Waals surface area contributed by atoms with Gasteiger partial charge in [-0.05, 0) is 12.1 Å². The predicted molar refractivity (Wildman–Crippen MR) is 67.7 cm³/mol. The molecule has 0 saturated carbocycles. The number of ether oxygens (including phenoxy) is 2. The summed E-state index contributed by atoms with van der Waals surface area (Å²) in [4.78, 5) is 2.07. The summed E-state index contributed by atoms with van der Waals surface area (Å²) in [6.45, 7) is 2.41. The van der Waals surface area contributed by atoms with Gasteiger partial charge in [0.05, 0.1) is 0 Å². The lowest BCUT2D eigenvalue weighted by Gasteiger charge is -2.25. The van der Waals surface area contributed by atoms with Crippen LogP contribution in [0.15, 0.2) is 18.2 Å². The summed E-state index contributed by atoms with van der Waals surface area (Å²) in [7, 11) is 1.99. The Morgan fingerprint density at radius 3 is 2.71 bits per heavy atom. The summed E-state index contributed by atoms with van der Waals surface area (Å²) >= 11 is 0. The van der Waals surface area contributed by atoms with E-state index in [0.717, 1.165) is 23.7 Å². The van der Waals surface area contributed by atoms with Crippen LogP contribution in [0.3, 0.4) is 0 Å². The van der Waals surface area contributed by atoms with E-state index in [0.29, 0.717) is 19.8 Å². The molecule has 2 rings (SSSR count). The zero-order chi connectivity index (χ0) is 12.3. The molecule has 17 heavy (non-hydrogen) atoms. The van der Waals surface area contributed by atoms with E-state index in [4.69, 9.17) is 20.9 Å². The lowest BCUT2D eigenvalue weighted by atomic mass is 10.2. The van der Waals surface area contributed by atoms with Crippen molar-refractivity contribution in [1.29, 1.82) is 0 Å². The maximum absolute atomic E-state index is 5.83. The lowest BCUT2D eigenvalue weighted by Crippen LogP contribution is -2.40. The van der Waals surface area contributed by atoms with Gasteiger partial charge in [0.25, 0.3) is 0 Å². The van der Waals surface area contributed by atoms with Crippen LogP contribution in [-0.4, -0.2) is 39.4 Å². The molecule has 1 aromatic carbocycles. The Kier molecular flexibility index (Phi) is 3.71. The highest BCUT2D eigenvalue weighted by atomic mass is 16.6. The zero-order valence-electron chi connectivity index (χ0n) is 10.1. The minimum atomic E-state index is -0.0202. The molecule has 0 aliphatic carbocycles. The molecule has 94 valence electrons. The van der Waals surface area contributed by atoms with Crippen LogP contribution in [0.4, 0.5) is 5.69 Å². The van der Waals surface area contributed by atoms with Crippen molar-refractivity contribution in [3.8, 4) is 11.5 Å². The Morgan fingerprint density at radius 2 is 2.00 bits per heavy atom. The van der Waals surface area contributed by atoms with E-state index < -0.39 is 0 Å². The molecule has 1 aromatic rings. The summed E-state index contributed by atoms with van der Waals surface area (Å²) in [6.07, 6.45) is 0. The highest BCUT2D eigenvalue weighted by Gasteiger charge is 2.14. The molecule has 0 radical (unpaired) electrons. The average molecular weight is 237 g/mol. The van der Waals surface area contributed by atoms with Crippen molar-refractivity contribution in [1.82, 2.24) is 0 Å². The maximum atomic E-state index is 5.83. The third kappa shape index (κ3) is 2.81. The van der Waals surface area contributed by atoms with Gasteiger partial charge >= 0.3 is 0 Å². The van der Waals surface area contributed by atoms with Crippen LogP contribution in [0.25, 0.3) is 0 Å². The lowest BCUT2D eigenvalue weighted by molar-refractivity contribution is 0.171. The van der Waals surface area contributed by atoms with Gasteiger partial charge in [-0.2, -0.15) is 0 Å². The molecule has 0 bridgehead atoms. The molecule has 0 amide bonds. The largest absolute Gasteiger partial charge is 0.486 e. The molecule has 1 atom stereocenters. The molecule has 1 aliphatic heterocycles. The van der Waals surface area contributed by atoms with Crippen molar-refractivity contribution in [2.75, 3.05) is 38.3 Å². The molecule has 5 heteroatoms. The molecule has 1 heterocycles. The van der Waals surface area contributed by atoms with Crippen LogP contribution in [0.2, 0.25) is 0 Å². The van der Waals surface area contributed by atoms with Gasteiger partial charge in [-0.25, -0.2) is 0 Å². The van der Waals surface area contributed by atoms with E-state index in [9.17, 15) is 0 Å². The fourth-order valence-corrected chi connectivity index (χ4v) is 1.80. The highest BCUT2D eigenvalue weighted by molar-refractivity contribution is 5.56. The van der Waals surface area contributed by atoms with Gasteiger partial charge in [0, 0.05) is 37.9 Å². The van der Waals surface area contributed by atoms with Crippen molar-refractivity contribution >= 4 is 5.69 Å². The number of rotatable bonds is 4. The standard InChI is InChI=1S/C12H19N3O2/c1-15(8-9(14)7-13)10-2-3-11-12(6-10)17-5-4-16-11/h2-3,6,9H,4-5,7-8,13-14H2,1H3. The van der Waals surface area contributed by atoms with Gasteiger partial charge in [0.1, 0.15) is 13.2 Å². The Hall–Kier alpha value is -1.46. The molecular formula is C12H19N3O2. The Morgan fingerprint density at radius 1 is 1.29 bits per heavy atom. The van der Waals surface area contributed by atoms with Crippen molar-refractivity contribution in [2.24, 2.45) is 11.5 Å². The van der Waals surface area contributed by atoms with E-state index in [1.165, 1.54) is 0 Å². The van der Waals surface area contributed by atoms with Crippen LogP contribution in [0, 0.1) is 0 Å². The SMILES string of the molecule is CN(CC(N)CN)c1ccc2c(c1)OCCO2. The third-order valence-corrected chi connectivity index (χ3v) is 2.78. The number of anilines is 1. The van der Waals surface area contributed by atoms with Crippen molar-refractivity contribution in [3.63, 3.8) is 0 Å². The molecular weight excluding hydrogens is 218 g/mol. The maximum Gasteiger partial charge on any atom is 0.163 e. The first-order valence-corrected chi connectivity index (χ1v) is 5.77. The fraction of sp³-hybridized carbons (Fsp3) is 0.500. The van der Waals surface area contributed by atoms with Crippen LogP contribution in [0.5, 0.6) is 11.5 Å². The predicted octanol–water partition coefficient (Wildman–Crippen LogP) is 0.180. The summed E-state index contributed by atoms with van der Waals surface area (Å²) in [6, 6.07) is 5.87. The van der Waals surface area contributed by atoms with Crippen LogP contribution in [0.1, 0.15) is 0 Å². The quantitative estimate of drug-likeness (QED) is 0.781. The fourth-order valence-electron chi connectivity index (χ4n) is 1.80. The monoisotopic (exact) mass is 237 g/mol. The van der Waals surface area contributed by atoms with Gasteiger partial charge in [0.2, 0.25) is 0 Å². The number of hydrogen-bond acceptors (Lipinski definition) is 5.